The molecule has 1 aromatic carbocycles. The minimum Gasteiger partial charge on any atom is -0.366 e. The number of nitrogens with zero attached hydrogens (tertiary/aromatic N) is 2. The lowest BCUT2D eigenvalue weighted by Crippen LogP contribution is -2.21. The maximum absolute atomic E-state index is 11.1. The number of nitrogens with two attached hydrogens (primary N) is 1. The van der Waals surface area contributed by atoms with Crippen LogP contribution >= 0.6 is 15.9 Å². The third-order valence-corrected chi connectivity index (χ3v) is 3.48. The molecule has 0 atom stereocenters. The molecule has 3 N–H and O–H groups in total. The summed E-state index contributed by atoms with van der Waals surface area (Å²) in [5.74, 6) is -0.481. The van der Waals surface area contributed by atoms with Gasteiger partial charge in [-0.05, 0) is 33.6 Å². The molecule has 2 rings (SSSR count). The highest BCUT2D eigenvalue weighted by Gasteiger charge is 2.08. The lowest BCUT2D eigenvalue weighted by molar-refractivity contribution is 0.100. The third-order valence-electron chi connectivity index (χ3n) is 2.84. The van der Waals surface area contributed by atoms with Gasteiger partial charge in [-0.25, -0.2) is 4.68 Å². The van der Waals surface area contributed by atoms with Gasteiger partial charge in [-0.15, -0.1) is 0 Å². The van der Waals surface area contributed by atoms with Crippen LogP contribution in [0, 0.1) is 0 Å². The smallest absolute Gasteiger partial charge is 0.251 e. The molecule has 1 amide bonds. The van der Waals surface area contributed by atoms with Crippen molar-refractivity contribution in [3.8, 4) is 5.69 Å². The van der Waals surface area contributed by atoms with Crippen LogP contribution < -0.4 is 11.1 Å². The molecule has 0 spiro atoms. The standard InChI is InChI=1S/C14H17BrN4O/c1-9(2)17-6-10-3-4-13(12(15)5-10)19-8-11(7-18-19)14(16)20/h3-5,7-9,17H,6H2,1-2H3,(H2,16,20). The summed E-state index contributed by atoms with van der Waals surface area (Å²) >= 11 is 3.53. The maximum Gasteiger partial charge on any atom is 0.251 e. The Kier molecular flexibility index (Phi) is 4.57. The fourth-order valence-electron chi connectivity index (χ4n) is 1.75. The van der Waals surface area contributed by atoms with Crippen LogP contribution in [0.15, 0.2) is 35.1 Å². The van der Waals surface area contributed by atoms with Crippen LogP contribution in [-0.4, -0.2) is 21.7 Å². The minimum absolute atomic E-state index is 0.391. The van der Waals surface area contributed by atoms with E-state index in [1.807, 2.05) is 18.2 Å². The molecule has 2 aromatic rings. The van der Waals surface area contributed by atoms with E-state index in [1.165, 1.54) is 11.8 Å². The SMILES string of the molecule is CC(C)NCc1ccc(-n2cc(C(N)=O)cn2)c(Br)c1. The van der Waals surface area contributed by atoms with E-state index < -0.39 is 5.91 Å². The summed E-state index contributed by atoms with van der Waals surface area (Å²) < 4.78 is 2.55. The van der Waals surface area contributed by atoms with Gasteiger partial charge in [0, 0.05) is 23.3 Å². The minimum atomic E-state index is -0.481. The first-order valence-corrected chi connectivity index (χ1v) is 7.13. The summed E-state index contributed by atoms with van der Waals surface area (Å²) in [6.07, 6.45) is 3.08. The van der Waals surface area contributed by atoms with E-state index in [9.17, 15) is 4.79 Å². The molecule has 0 radical (unpaired) electrons. The van der Waals surface area contributed by atoms with Gasteiger partial charge in [-0.3, -0.25) is 4.79 Å². The molecular weight excluding hydrogens is 320 g/mol. The molecule has 0 unspecified atom stereocenters. The van der Waals surface area contributed by atoms with Crippen molar-refractivity contribution >= 4 is 21.8 Å². The Labute approximate surface area is 126 Å². The predicted molar refractivity (Wildman–Crippen MR) is 81.8 cm³/mol. The zero-order valence-electron chi connectivity index (χ0n) is 11.4. The quantitative estimate of drug-likeness (QED) is 0.879. The van der Waals surface area contributed by atoms with Gasteiger partial charge in [0.05, 0.1) is 17.4 Å². The number of hydrogen-bond acceptors (Lipinski definition) is 3. The molecule has 0 bridgehead atoms. The van der Waals surface area contributed by atoms with Gasteiger partial charge in [0.1, 0.15) is 0 Å². The van der Waals surface area contributed by atoms with Crippen molar-refractivity contribution in [1.82, 2.24) is 15.1 Å². The molecule has 1 heterocycles. The van der Waals surface area contributed by atoms with Crippen molar-refractivity contribution in [2.75, 3.05) is 0 Å². The summed E-state index contributed by atoms with van der Waals surface area (Å²) in [7, 11) is 0. The first kappa shape index (κ1) is 14.7. The summed E-state index contributed by atoms with van der Waals surface area (Å²) in [5, 5.41) is 7.51. The Bertz CT molecular complexity index is 621. The molecule has 0 aliphatic heterocycles. The van der Waals surface area contributed by atoms with Gasteiger partial charge >= 0.3 is 0 Å². The summed E-state index contributed by atoms with van der Waals surface area (Å²) in [4.78, 5) is 11.1. The maximum atomic E-state index is 11.1. The zero-order valence-corrected chi connectivity index (χ0v) is 13.0. The second kappa shape index (κ2) is 6.19. The largest absolute Gasteiger partial charge is 0.366 e. The van der Waals surface area contributed by atoms with Crippen molar-refractivity contribution in [3.63, 3.8) is 0 Å². The Morgan fingerprint density at radius 2 is 2.25 bits per heavy atom. The second-order valence-corrected chi connectivity index (χ2v) is 5.71. The van der Waals surface area contributed by atoms with Crippen LogP contribution in [0.2, 0.25) is 0 Å². The molecule has 20 heavy (non-hydrogen) atoms. The number of rotatable bonds is 5. The Morgan fingerprint density at radius 1 is 1.50 bits per heavy atom. The van der Waals surface area contributed by atoms with E-state index in [-0.39, 0.29) is 0 Å². The number of hydrogen-bond donors (Lipinski definition) is 2. The van der Waals surface area contributed by atoms with Crippen molar-refractivity contribution in [2.24, 2.45) is 5.73 Å². The average molecular weight is 337 g/mol. The van der Waals surface area contributed by atoms with Gasteiger partial charge in [0.25, 0.3) is 5.91 Å². The van der Waals surface area contributed by atoms with Gasteiger partial charge in [-0.1, -0.05) is 19.9 Å². The Morgan fingerprint density at radius 3 is 2.80 bits per heavy atom. The topological polar surface area (TPSA) is 72.9 Å². The predicted octanol–water partition coefficient (Wildman–Crippen LogP) is 2.23. The molecule has 5 nitrogen and oxygen atoms in total. The fraction of sp³-hybridized carbons (Fsp3) is 0.286. The van der Waals surface area contributed by atoms with Gasteiger partial charge in [0.15, 0.2) is 0 Å². The monoisotopic (exact) mass is 336 g/mol. The first-order chi connectivity index (χ1) is 9.47. The number of aromatic nitrogens is 2. The molecular formula is C14H17BrN4O. The van der Waals surface area contributed by atoms with Crippen molar-refractivity contribution in [1.29, 1.82) is 0 Å². The normalized spacial score (nSPS) is 11.0. The van der Waals surface area contributed by atoms with Crippen LogP contribution in [-0.2, 0) is 6.54 Å². The summed E-state index contributed by atoms with van der Waals surface area (Å²) in [6, 6.07) is 6.47. The highest BCUT2D eigenvalue weighted by atomic mass is 79.9. The van der Waals surface area contributed by atoms with Crippen molar-refractivity contribution in [3.05, 3.63) is 46.2 Å². The summed E-state index contributed by atoms with van der Waals surface area (Å²) in [5.41, 5.74) is 7.66. The van der Waals surface area contributed by atoms with E-state index in [4.69, 9.17) is 5.73 Å². The van der Waals surface area contributed by atoms with E-state index in [1.54, 1.807) is 10.9 Å². The number of carbonyl (C=O) groups is 1. The summed E-state index contributed by atoms with van der Waals surface area (Å²) in [6.45, 7) is 5.03. The molecule has 0 saturated heterocycles. The number of benzene rings is 1. The van der Waals surface area contributed by atoms with Crippen LogP contribution in [0.4, 0.5) is 0 Å². The van der Waals surface area contributed by atoms with E-state index in [2.05, 4.69) is 40.2 Å². The Hall–Kier alpha value is -1.66. The highest BCUT2D eigenvalue weighted by molar-refractivity contribution is 9.10. The second-order valence-electron chi connectivity index (χ2n) is 4.86. The highest BCUT2D eigenvalue weighted by Crippen LogP contribution is 2.22. The third kappa shape index (κ3) is 3.46. The van der Waals surface area contributed by atoms with Gasteiger partial charge in [-0.2, -0.15) is 5.10 Å². The van der Waals surface area contributed by atoms with Crippen molar-refractivity contribution in [2.45, 2.75) is 26.4 Å². The fourth-order valence-corrected chi connectivity index (χ4v) is 2.36. The van der Waals surface area contributed by atoms with E-state index >= 15 is 0 Å². The average Bonchev–Trinajstić information content (AvgIpc) is 2.86. The molecule has 0 saturated carbocycles. The molecule has 0 aliphatic rings. The van der Waals surface area contributed by atoms with Crippen molar-refractivity contribution < 1.29 is 4.79 Å². The van der Waals surface area contributed by atoms with E-state index in [0.29, 0.717) is 11.6 Å². The molecule has 106 valence electrons. The lowest BCUT2D eigenvalue weighted by atomic mass is 10.2. The van der Waals surface area contributed by atoms with E-state index in [0.717, 1.165) is 16.7 Å². The molecule has 0 aliphatic carbocycles. The zero-order chi connectivity index (χ0) is 14.7. The van der Waals surface area contributed by atoms with Crippen LogP contribution in [0.25, 0.3) is 5.69 Å². The number of primary amides is 1. The first-order valence-electron chi connectivity index (χ1n) is 6.34. The Balaban J connectivity index is 2.22. The number of halogens is 1. The van der Waals surface area contributed by atoms with Gasteiger partial charge in [0.2, 0.25) is 0 Å². The molecule has 1 aromatic heterocycles. The van der Waals surface area contributed by atoms with Crippen LogP contribution in [0.1, 0.15) is 29.8 Å². The van der Waals surface area contributed by atoms with Crippen LogP contribution in [0.3, 0.4) is 0 Å². The van der Waals surface area contributed by atoms with Gasteiger partial charge < -0.3 is 11.1 Å². The van der Waals surface area contributed by atoms with Crippen LogP contribution in [0.5, 0.6) is 0 Å². The lowest BCUT2D eigenvalue weighted by Gasteiger charge is -2.10. The number of carbonyl (C=O) groups excluding carboxylic acids is 1. The number of nitrogens with one attached hydrogen (secondary N) is 1. The molecule has 6 heteroatoms. The molecule has 0 fully saturated rings. The number of amides is 1.